The SMILES string of the molecule is CC(C)(C)OC(=O)NCC(=O)CCCC[C@@H](O)CSc1ccc2ccccc2c1. The Morgan fingerprint density at radius 2 is 1.83 bits per heavy atom. The number of thioether (sulfide) groups is 1. The molecule has 0 saturated carbocycles. The molecule has 0 heterocycles. The van der Waals surface area contributed by atoms with Gasteiger partial charge in [0, 0.05) is 17.1 Å². The summed E-state index contributed by atoms with van der Waals surface area (Å²) in [6, 6.07) is 14.5. The molecule has 0 aromatic heterocycles. The number of unbranched alkanes of at least 4 members (excludes halogenated alkanes) is 1. The van der Waals surface area contributed by atoms with Crippen LogP contribution in [0.15, 0.2) is 47.4 Å². The minimum absolute atomic E-state index is 0.0186. The molecule has 2 aromatic rings. The number of carbonyl (C=O) groups excluding carboxylic acids is 2. The van der Waals surface area contributed by atoms with E-state index in [0.29, 0.717) is 25.0 Å². The van der Waals surface area contributed by atoms with Crippen LogP contribution in [-0.4, -0.2) is 41.0 Å². The van der Waals surface area contributed by atoms with Gasteiger partial charge in [-0.2, -0.15) is 0 Å². The molecule has 0 saturated heterocycles. The summed E-state index contributed by atoms with van der Waals surface area (Å²) in [7, 11) is 0. The molecular weight excluding hydrogens is 386 g/mol. The van der Waals surface area contributed by atoms with Crippen LogP contribution in [0.2, 0.25) is 0 Å². The molecular formula is C23H31NO4S. The molecule has 1 amide bonds. The number of hydrogen-bond donors (Lipinski definition) is 2. The predicted molar refractivity (Wildman–Crippen MR) is 118 cm³/mol. The summed E-state index contributed by atoms with van der Waals surface area (Å²) in [5, 5.41) is 15.1. The summed E-state index contributed by atoms with van der Waals surface area (Å²) in [6.07, 6.45) is 1.55. The van der Waals surface area contributed by atoms with Gasteiger partial charge in [0.1, 0.15) is 5.60 Å². The van der Waals surface area contributed by atoms with Crippen LogP contribution in [0, 0.1) is 0 Å². The maximum absolute atomic E-state index is 11.8. The number of carbonyl (C=O) groups is 2. The van der Waals surface area contributed by atoms with E-state index in [-0.39, 0.29) is 12.3 Å². The van der Waals surface area contributed by atoms with Gasteiger partial charge in [-0.3, -0.25) is 4.79 Å². The van der Waals surface area contributed by atoms with E-state index in [4.69, 9.17) is 4.74 Å². The molecule has 2 aromatic carbocycles. The summed E-state index contributed by atoms with van der Waals surface area (Å²) >= 11 is 1.65. The molecule has 5 nitrogen and oxygen atoms in total. The zero-order chi connectivity index (χ0) is 21.3. The van der Waals surface area contributed by atoms with Crippen LogP contribution in [0.25, 0.3) is 10.8 Å². The average Bonchev–Trinajstić information content (AvgIpc) is 2.66. The fourth-order valence-corrected chi connectivity index (χ4v) is 3.73. The van der Waals surface area contributed by atoms with Crippen molar-refractivity contribution in [2.75, 3.05) is 12.3 Å². The van der Waals surface area contributed by atoms with Crippen LogP contribution in [0.1, 0.15) is 46.5 Å². The topological polar surface area (TPSA) is 75.6 Å². The lowest BCUT2D eigenvalue weighted by Crippen LogP contribution is -2.35. The van der Waals surface area contributed by atoms with Crippen molar-refractivity contribution in [3.8, 4) is 0 Å². The predicted octanol–water partition coefficient (Wildman–Crippen LogP) is 4.95. The second kappa shape index (κ2) is 11.2. The first-order valence-corrected chi connectivity index (χ1v) is 11.0. The second-order valence-corrected chi connectivity index (χ2v) is 9.21. The van der Waals surface area contributed by atoms with Crippen LogP contribution >= 0.6 is 11.8 Å². The number of fused-ring (bicyclic) bond motifs is 1. The van der Waals surface area contributed by atoms with Gasteiger partial charge >= 0.3 is 6.09 Å². The standard InChI is InChI=1S/C23H31NO4S/c1-23(2,3)28-22(27)24-15-19(25)10-6-7-11-20(26)16-29-21-13-12-17-8-4-5-9-18(17)14-21/h4-5,8-9,12-14,20,26H,6-7,10-11,15-16H2,1-3H3,(H,24,27)/t20-/m1/s1. The maximum atomic E-state index is 11.8. The quantitative estimate of drug-likeness (QED) is 0.423. The highest BCUT2D eigenvalue weighted by molar-refractivity contribution is 7.99. The van der Waals surface area contributed by atoms with Crippen molar-refractivity contribution < 1.29 is 19.4 Å². The van der Waals surface area contributed by atoms with Crippen LogP contribution in [0.3, 0.4) is 0 Å². The Bertz CT molecular complexity index is 816. The van der Waals surface area contributed by atoms with Gasteiger partial charge < -0.3 is 15.2 Å². The number of alkyl carbamates (subject to hydrolysis) is 1. The first-order chi connectivity index (χ1) is 13.7. The van der Waals surface area contributed by atoms with Gasteiger partial charge in [0.05, 0.1) is 12.6 Å². The number of benzene rings is 2. The Kier molecular flexibility index (Phi) is 8.99. The van der Waals surface area contributed by atoms with Gasteiger partial charge in [-0.15, -0.1) is 11.8 Å². The molecule has 0 bridgehead atoms. The smallest absolute Gasteiger partial charge is 0.408 e. The zero-order valence-corrected chi connectivity index (χ0v) is 18.3. The van der Waals surface area contributed by atoms with Gasteiger partial charge in [-0.1, -0.05) is 36.8 Å². The summed E-state index contributed by atoms with van der Waals surface area (Å²) in [4.78, 5) is 24.5. The van der Waals surface area contributed by atoms with Crippen molar-refractivity contribution in [1.82, 2.24) is 5.32 Å². The third-order valence-electron chi connectivity index (χ3n) is 4.24. The molecule has 0 radical (unpaired) electrons. The molecule has 0 fully saturated rings. The maximum Gasteiger partial charge on any atom is 0.408 e. The summed E-state index contributed by atoms with van der Waals surface area (Å²) in [6.45, 7) is 5.31. The highest BCUT2D eigenvalue weighted by atomic mass is 32.2. The van der Waals surface area contributed by atoms with E-state index in [1.165, 1.54) is 10.8 Å². The zero-order valence-electron chi connectivity index (χ0n) is 17.4. The normalized spacial score (nSPS) is 12.6. The Balaban J connectivity index is 1.58. The number of amides is 1. The Morgan fingerprint density at radius 3 is 2.55 bits per heavy atom. The second-order valence-electron chi connectivity index (χ2n) is 8.11. The van der Waals surface area contributed by atoms with Gasteiger partial charge in [-0.25, -0.2) is 4.79 Å². The molecule has 0 aliphatic heterocycles. The molecule has 1 atom stereocenters. The van der Waals surface area contributed by atoms with Gasteiger partial charge in [-0.05, 0) is 56.5 Å². The number of ether oxygens (including phenoxy) is 1. The van der Waals surface area contributed by atoms with Gasteiger partial charge in [0.15, 0.2) is 5.78 Å². The number of aliphatic hydroxyl groups is 1. The summed E-state index contributed by atoms with van der Waals surface area (Å²) in [5.74, 6) is 0.600. The molecule has 158 valence electrons. The van der Waals surface area contributed by atoms with Crippen molar-refractivity contribution in [3.63, 3.8) is 0 Å². The van der Waals surface area contributed by atoms with Crippen LogP contribution in [-0.2, 0) is 9.53 Å². The molecule has 0 aliphatic carbocycles. The van der Waals surface area contributed by atoms with Crippen molar-refractivity contribution in [2.24, 2.45) is 0 Å². The van der Waals surface area contributed by atoms with E-state index in [2.05, 4.69) is 35.6 Å². The lowest BCUT2D eigenvalue weighted by molar-refractivity contribution is -0.118. The number of hydrogen-bond acceptors (Lipinski definition) is 5. The number of aliphatic hydroxyl groups excluding tert-OH is 1. The lowest BCUT2D eigenvalue weighted by Gasteiger charge is -2.19. The third-order valence-corrected chi connectivity index (χ3v) is 5.37. The molecule has 2 rings (SSSR count). The van der Waals surface area contributed by atoms with Gasteiger partial charge in [0.2, 0.25) is 0 Å². The van der Waals surface area contributed by atoms with Crippen LogP contribution in [0.4, 0.5) is 4.79 Å². The number of ketones is 1. The Labute approximate surface area is 177 Å². The molecule has 0 spiro atoms. The molecule has 0 aliphatic rings. The number of nitrogens with one attached hydrogen (secondary N) is 1. The van der Waals surface area contributed by atoms with E-state index in [9.17, 15) is 14.7 Å². The van der Waals surface area contributed by atoms with E-state index < -0.39 is 17.8 Å². The third kappa shape index (κ3) is 9.33. The van der Waals surface area contributed by atoms with E-state index in [1.807, 2.05) is 12.1 Å². The first kappa shape index (κ1) is 23.2. The highest BCUT2D eigenvalue weighted by Gasteiger charge is 2.16. The van der Waals surface area contributed by atoms with Crippen molar-refractivity contribution in [3.05, 3.63) is 42.5 Å². The number of rotatable bonds is 10. The minimum Gasteiger partial charge on any atom is -0.444 e. The van der Waals surface area contributed by atoms with Crippen molar-refractivity contribution in [1.29, 1.82) is 0 Å². The molecule has 29 heavy (non-hydrogen) atoms. The van der Waals surface area contributed by atoms with E-state index >= 15 is 0 Å². The van der Waals surface area contributed by atoms with Crippen LogP contribution in [0.5, 0.6) is 0 Å². The first-order valence-electron chi connectivity index (χ1n) is 10.0. The lowest BCUT2D eigenvalue weighted by atomic mass is 10.1. The van der Waals surface area contributed by atoms with E-state index in [1.54, 1.807) is 32.5 Å². The van der Waals surface area contributed by atoms with Crippen LogP contribution < -0.4 is 5.32 Å². The number of Topliss-reactive ketones (excluding diaryl/α,β-unsaturated/α-hetero) is 1. The Hall–Kier alpha value is -2.05. The summed E-state index contributed by atoms with van der Waals surface area (Å²) in [5.41, 5.74) is -0.575. The van der Waals surface area contributed by atoms with Crippen molar-refractivity contribution >= 4 is 34.4 Å². The molecule has 6 heteroatoms. The van der Waals surface area contributed by atoms with Gasteiger partial charge in [0.25, 0.3) is 0 Å². The molecule has 0 unspecified atom stereocenters. The average molecular weight is 418 g/mol. The largest absolute Gasteiger partial charge is 0.444 e. The molecule has 2 N–H and O–H groups in total. The monoisotopic (exact) mass is 417 g/mol. The highest BCUT2D eigenvalue weighted by Crippen LogP contribution is 2.25. The summed E-state index contributed by atoms with van der Waals surface area (Å²) < 4.78 is 5.09. The minimum atomic E-state index is -0.577. The fourth-order valence-electron chi connectivity index (χ4n) is 2.81. The Morgan fingerprint density at radius 1 is 1.10 bits per heavy atom. The van der Waals surface area contributed by atoms with E-state index in [0.717, 1.165) is 11.3 Å². The fraction of sp³-hybridized carbons (Fsp3) is 0.478. The van der Waals surface area contributed by atoms with Crippen molar-refractivity contribution in [2.45, 2.75) is 63.1 Å².